The summed E-state index contributed by atoms with van der Waals surface area (Å²) < 4.78 is 3.01. The van der Waals surface area contributed by atoms with Crippen LogP contribution in [-0.4, -0.2) is 34.5 Å². The van der Waals surface area contributed by atoms with Crippen molar-refractivity contribution in [2.24, 2.45) is 0 Å². The van der Waals surface area contributed by atoms with Crippen LogP contribution < -0.4 is 10.2 Å². The van der Waals surface area contributed by atoms with Crippen LogP contribution in [0.2, 0.25) is 0 Å². The van der Waals surface area contributed by atoms with Crippen molar-refractivity contribution in [3.63, 3.8) is 0 Å². The lowest BCUT2D eigenvalue weighted by Gasteiger charge is -2.22. The van der Waals surface area contributed by atoms with Gasteiger partial charge in [-0.2, -0.15) is 0 Å². The van der Waals surface area contributed by atoms with Crippen molar-refractivity contribution in [2.75, 3.05) is 18.0 Å². The largest absolute Gasteiger partial charge is 0.352 e. The molecule has 0 spiro atoms. The minimum Gasteiger partial charge on any atom is -0.352 e. The van der Waals surface area contributed by atoms with E-state index in [2.05, 4.69) is 25.8 Å². The number of halogens is 1. The number of fused-ring (bicyclic) bond motifs is 1. The third kappa shape index (κ3) is 6.40. The Balaban J connectivity index is 1.34. The Morgan fingerprint density at radius 3 is 2.39 bits per heavy atom. The van der Waals surface area contributed by atoms with Gasteiger partial charge in [-0.15, -0.1) is 0 Å². The molecule has 6 nitrogen and oxygen atoms in total. The minimum absolute atomic E-state index is 0.0451. The molecule has 0 radical (unpaired) electrons. The van der Waals surface area contributed by atoms with Gasteiger partial charge in [0, 0.05) is 35.2 Å². The number of hydrogen-bond acceptors (Lipinski definition) is 3. The van der Waals surface area contributed by atoms with Crippen molar-refractivity contribution in [2.45, 2.75) is 39.2 Å². The molecule has 4 rings (SSSR count). The Bertz CT molecular complexity index is 1300. The van der Waals surface area contributed by atoms with E-state index in [1.54, 1.807) is 0 Å². The molecule has 0 atom stereocenters. The van der Waals surface area contributed by atoms with Gasteiger partial charge in [-0.3, -0.25) is 9.59 Å². The van der Waals surface area contributed by atoms with Gasteiger partial charge in [-0.05, 0) is 68.3 Å². The van der Waals surface area contributed by atoms with E-state index in [0.717, 1.165) is 52.7 Å². The molecule has 0 saturated heterocycles. The maximum atomic E-state index is 13.3. The van der Waals surface area contributed by atoms with Gasteiger partial charge in [-0.25, -0.2) is 4.98 Å². The van der Waals surface area contributed by atoms with Crippen molar-refractivity contribution >= 4 is 44.5 Å². The number of benzene rings is 3. The maximum Gasteiger partial charge on any atom is 0.251 e. The van der Waals surface area contributed by atoms with Crippen LogP contribution in [0.15, 0.2) is 83.3 Å². The molecule has 0 aliphatic heterocycles. The lowest BCUT2D eigenvalue weighted by Crippen LogP contribution is -2.34. The van der Waals surface area contributed by atoms with E-state index in [-0.39, 0.29) is 18.4 Å². The highest BCUT2D eigenvalue weighted by Crippen LogP contribution is 2.20. The summed E-state index contributed by atoms with van der Waals surface area (Å²) in [4.78, 5) is 32.2. The van der Waals surface area contributed by atoms with E-state index in [1.807, 2.05) is 90.7 Å². The number of nitrogens with one attached hydrogen (secondary N) is 1. The van der Waals surface area contributed by atoms with Crippen LogP contribution in [0.3, 0.4) is 0 Å². The highest BCUT2D eigenvalue weighted by molar-refractivity contribution is 9.10. The Kier molecular flexibility index (Phi) is 8.90. The second-order valence-corrected chi connectivity index (χ2v) is 9.57. The first kappa shape index (κ1) is 25.6. The van der Waals surface area contributed by atoms with E-state index in [0.29, 0.717) is 18.7 Å². The molecule has 0 bridgehead atoms. The Hall–Kier alpha value is -3.45. The predicted molar refractivity (Wildman–Crippen MR) is 148 cm³/mol. The van der Waals surface area contributed by atoms with E-state index < -0.39 is 0 Å². The van der Waals surface area contributed by atoms with Crippen molar-refractivity contribution in [1.82, 2.24) is 14.9 Å². The van der Waals surface area contributed by atoms with Crippen LogP contribution in [-0.2, 0) is 17.8 Å². The van der Waals surface area contributed by atoms with Gasteiger partial charge in [0.2, 0.25) is 5.91 Å². The lowest BCUT2D eigenvalue weighted by atomic mass is 10.1. The summed E-state index contributed by atoms with van der Waals surface area (Å²) in [7, 11) is 0. The van der Waals surface area contributed by atoms with Crippen LogP contribution in [0.25, 0.3) is 11.0 Å². The van der Waals surface area contributed by atoms with Gasteiger partial charge in [0.05, 0.1) is 11.0 Å². The number of imidazole rings is 1. The molecule has 3 aromatic carbocycles. The molecule has 1 heterocycles. The second-order valence-electron chi connectivity index (χ2n) is 8.65. The summed E-state index contributed by atoms with van der Waals surface area (Å²) in [6.07, 6.45) is 3.56. The molecular formula is C29H31BrN4O2. The zero-order valence-corrected chi connectivity index (χ0v) is 22.1. The Labute approximate surface area is 220 Å². The fourth-order valence-electron chi connectivity index (χ4n) is 4.31. The number of para-hydroxylation sites is 3. The zero-order valence-electron chi connectivity index (χ0n) is 20.5. The first-order valence-corrected chi connectivity index (χ1v) is 13.2. The number of aromatic nitrogens is 2. The van der Waals surface area contributed by atoms with Gasteiger partial charge in [0.1, 0.15) is 12.4 Å². The van der Waals surface area contributed by atoms with E-state index >= 15 is 0 Å². The number of amides is 2. The third-order valence-corrected chi connectivity index (χ3v) is 6.71. The van der Waals surface area contributed by atoms with Crippen LogP contribution in [0.5, 0.6) is 0 Å². The van der Waals surface area contributed by atoms with E-state index in [4.69, 9.17) is 4.98 Å². The van der Waals surface area contributed by atoms with Crippen LogP contribution >= 0.6 is 15.9 Å². The monoisotopic (exact) mass is 546 g/mol. The van der Waals surface area contributed by atoms with E-state index in [9.17, 15) is 9.59 Å². The van der Waals surface area contributed by atoms with Crippen molar-refractivity contribution in [3.8, 4) is 0 Å². The summed E-state index contributed by atoms with van der Waals surface area (Å²) in [5, 5.41) is 2.99. The number of carbonyl (C=O) groups is 2. The lowest BCUT2D eigenvalue weighted by molar-refractivity contribution is -0.119. The number of unbranched alkanes of at least 4 members (excludes halogenated alkanes) is 2. The molecule has 0 aliphatic carbocycles. The highest BCUT2D eigenvalue weighted by atomic mass is 79.9. The second kappa shape index (κ2) is 12.5. The van der Waals surface area contributed by atoms with Crippen molar-refractivity contribution < 1.29 is 9.59 Å². The topological polar surface area (TPSA) is 67.2 Å². The number of hydrogen-bond donors (Lipinski definition) is 1. The van der Waals surface area contributed by atoms with Gasteiger partial charge >= 0.3 is 0 Å². The maximum absolute atomic E-state index is 13.3. The van der Waals surface area contributed by atoms with Crippen molar-refractivity contribution in [3.05, 3.63) is 94.7 Å². The number of carbonyl (C=O) groups excluding carboxylic acids is 2. The van der Waals surface area contributed by atoms with Gasteiger partial charge < -0.3 is 14.8 Å². The Morgan fingerprint density at radius 1 is 0.917 bits per heavy atom. The number of aryl methyl sites for hydroxylation is 1. The molecular weight excluding hydrogens is 516 g/mol. The molecule has 4 aromatic rings. The highest BCUT2D eigenvalue weighted by Gasteiger charge is 2.18. The van der Waals surface area contributed by atoms with Gasteiger partial charge in [0.25, 0.3) is 5.91 Å². The average molecular weight is 547 g/mol. The molecule has 7 heteroatoms. The minimum atomic E-state index is -0.0540. The molecule has 0 fully saturated rings. The summed E-state index contributed by atoms with van der Waals surface area (Å²) >= 11 is 3.39. The van der Waals surface area contributed by atoms with E-state index in [1.165, 1.54) is 0 Å². The summed E-state index contributed by atoms with van der Waals surface area (Å²) in [6.45, 7) is 3.48. The number of nitrogens with zero attached hydrogens (tertiary/aromatic N) is 3. The molecule has 0 saturated carbocycles. The fraction of sp³-hybridized carbons (Fsp3) is 0.276. The number of rotatable bonds is 11. The Morgan fingerprint density at radius 2 is 1.64 bits per heavy atom. The number of anilines is 1. The summed E-state index contributed by atoms with van der Waals surface area (Å²) in [6, 6.07) is 25.1. The molecule has 186 valence electrons. The standard InChI is InChI=1S/C29H31BrN4O2/c1-2-33(24-11-5-3-6-12-24)28(35)21-34-26-14-9-8-13-25(26)32-27(34)15-7-4-10-20-31-29(36)22-16-18-23(30)19-17-22/h3,5-6,8-9,11-14,16-19H,2,4,7,10,15,20-21H2,1H3,(H,31,36). The molecule has 36 heavy (non-hydrogen) atoms. The molecule has 1 aromatic heterocycles. The average Bonchev–Trinajstić information content (AvgIpc) is 3.24. The normalized spacial score (nSPS) is 10.9. The van der Waals surface area contributed by atoms with Crippen LogP contribution in [0.1, 0.15) is 42.4 Å². The quantitative estimate of drug-likeness (QED) is 0.235. The molecule has 0 unspecified atom stereocenters. The van der Waals surface area contributed by atoms with Crippen molar-refractivity contribution in [1.29, 1.82) is 0 Å². The molecule has 0 aliphatic rings. The van der Waals surface area contributed by atoms with Crippen LogP contribution in [0, 0.1) is 0 Å². The first-order chi connectivity index (χ1) is 17.6. The SMILES string of the molecule is CCN(C(=O)Cn1c(CCCCCNC(=O)c2ccc(Br)cc2)nc2ccccc21)c1ccccc1. The molecule has 1 N–H and O–H groups in total. The zero-order chi connectivity index (χ0) is 25.3. The molecule has 2 amide bonds. The van der Waals surface area contributed by atoms with Gasteiger partial charge in [-0.1, -0.05) is 52.7 Å². The summed E-state index contributed by atoms with van der Waals surface area (Å²) in [5.41, 5.74) is 3.45. The number of likely N-dealkylation sites (N-methyl/N-ethyl adjacent to an activating group) is 1. The van der Waals surface area contributed by atoms with Gasteiger partial charge in [0.15, 0.2) is 0 Å². The summed E-state index contributed by atoms with van der Waals surface area (Å²) in [5.74, 6) is 0.915. The first-order valence-electron chi connectivity index (χ1n) is 12.4. The smallest absolute Gasteiger partial charge is 0.251 e. The predicted octanol–water partition coefficient (Wildman–Crippen LogP) is 5.99. The third-order valence-electron chi connectivity index (χ3n) is 6.18. The van der Waals surface area contributed by atoms with Crippen LogP contribution in [0.4, 0.5) is 5.69 Å². The fourth-order valence-corrected chi connectivity index (χ4v) is 4.58.